The van der Waals surface area contributed by atoms with Crippen molar-refractivity contribution >= 4 is 65.6 Å². The third-order valence-corrected chi connectivity index (χ3v) is 13.2. The Bertz CT molecular complexity index is 3130. The molecule has 10 aromatic rings. The largest absolute Gasteiger partial charge is 0.457 e. The zero-order valence-electron chi connectivity index (χ0n) is 32.0. The lowest BCUT2D eigenvalue weighted by Crippen LogP contribution is -2.32. The first-order chi connectivity index (χ1) is 29.3. The van der Waals surface area contributed by atoms with Crippen molar-refractivity contribution in [2.24, 2.45) is 0 Å². The van der Waals surface area contributed by atoms with E-state index in [1.54, 1.807) is 0 Å². The lowest BCUT2D eigenvalue weighted by atomic mass is 9.66. The molecule has 1 aromatic heterocycles. The molecular formula is C55H36N2OS. The minimum Gasteiger partial charge on any atom is -0.457 e. The van der Waals surface area contributed by atoms with Gasteiger partial charge in [-0.05, 0) is 107 Å². The summed E-state index contributed by atoms with van der Waals surface area (Å²) in [7, 11) is 0. The molecule has 0 saturated carbocycles. The number of para-hydroxylation sites is 5. The molecule has 0 atom stereocenters. The first-order valence-electron chi connectivity index (χ1n) is 20.1. The minimum absolute atomic E-state index is 0.574. The molecule has 2 aliphatic rings. The molecule has 3 nitrogen and oxygen atoms in total. The number of anilines is 6. The third kappa shape index (κ3) is 5.00. The van der Waals surface area contributed by atoms with Gasteiger partial charge in [-0.2, -0.15) is 0 Å². The van der Waals surface area contributed by atoms with Gasteiger partial charge in [-0.15, -0.1) is 11.3 Å². The van der Waals surface area contributed by atoms with E-state index in [1.807, 2.05) is 11.3 Å². The van der Waals surface area contributed by atoms with Gasteiger partial charge in [-0.3, -0.25) is 0 Å². The second kappa shape index (κ2) is 13.3. The van der Waals surface area contributed by atoms with Crippen molar-refractivity contribution in [2.45, 2.75) is 5.41 Å². The van der Waals surface area contributed by atoms with Crippen LogP contribution in [0.15, 0.2) is 218 Å². The van der Waals surface area contributed by atoms with Crippen molar-refractivity contribution < 1.29 is 4.74 Å². The van der Waals surface area contributed by atoms with Crippen LogP contribution in [0.25, 0.3) is 31.3 Å². The van der Waals surface area contributed by atoms with Crippen LogP contribution in [0.2, 0.25) is 0 Å². The maximum Gasteiger partial charge on any atom is 0.132 e. The van der Waals surface area contributed by atoms with Crippen molar-refractivity contribution in [2.75, 3.05) is 9.80 Å². The van der Waals surface area contributed by atoms with Gasteiger partial charge >= 0.3 is 0 Å². The summed E-state index contributed by atoms with van der Waals surface area (Å²) in [6.07, 6.45) is 0. The van der Waals surface area contributed by atoms with E-state index >= 15 is 0 Å². The predicted molar refractivity (Wildman–Crippen MR) is 246 cm³/mol. The van der Waals surface area contributed by atoms with Gasteiger partial charge in [0, 0.05) is 54.0 Å². The van der Waals surface area contributed by atoms with Gasteiger partial charge in [0.05, 0.1) is 16.8 Å². The number of nitrogens with zero attached hydrogens (tertiary/aromatic N) is 2. The average Bonchev–Trinajstić information content (AvgIpc) is 3.83. The monoisotopic (exact) mass is 772 g/mol. The second-order valence-corrected chi connectivity index (χ2v) is 16.3. The SMILES string of the molecule is c1ccc(N(c2ccccc2)c2cccc3sc4cccc(N(c5ccccc5)c5ccc6c(c5)C5(c7ccccc7Oc7ccccc75)c5ccccc5-6)c4c23)cc1. The van der Waals surface area contributed by atoms with Gasteiger partial charge in [0.25, 0.3) is 0 Å². The average molecular weight is 773 g/mol. The van der Waals surface area contributed by atoms with E-state index in [-0.39, 0.29) is 0 Å². The number of fused-ring (bicyclic) bond motifs is 12. The standard InChI is InChI=1S/C55H36N2OS/c1-4-18-37(19-5-1)56(38-20-6-2-7-21-38)47-28-16-32-51-53(47)54-48(29-17-33-52(54)59-51)57(39-22-8-3-9-23-39)40-34-35-42-41-24-10-11-25-43(41)55(46(42)36-40)44-26-12-14-30-49(44)58-50-31-15-13-27-45(50)55/h1-36H. The number of hydrogen-bond acceptors (Lipinski definition) is 4. The van der Waals surface area contributed by atoms with Crippen molar-refractivity contribution in [3.8, 4) is 22.6 Å². The minimum atomic E-state index is -0.574. The summed E-state index contributed by atoms with van der Waals surface area (Å²) in [6.45, 7) is 0. The normalized spacial score (nSPS) is 13.0. The van der Waals surface area contributed by atoms with Gasteiger partial charge < -0.3 is 14.5 Å². The quantitative estimate of drug-likeness (QED) is 0.167. The summed E-state index contributed by atoms with van der Waals surface area (Å²) < 4.78 is 9.16. The van der Waals surface area contributed by atoms with Crippen LogP contribution in [-0.2, 0) is 5.41 Å². The van der Waals surface area contributed by atoms with Crippen molar-refractivity contribution in [1.82, 2.24) is 0 Å². The summed E-state index contributed by atoms with van der Waals surface area (Å²) >= 11 is 1.85. The summed E-state index contributed by atoms with van der Waals surface area (Å²) in [5, 5.41) is 2.46. The van der Waals surface area contributed by atoms with E-state index in [0.29, 0.717) is 0 Å². The van der Waals surface area contributed by atoms with E-state index in [9.17, 15) is 0 Å². The Balaban J connectivity index is 1.15. The summed E-state index contributed by atoms with van der Waals surface area (Å²) in [4.78, 5) is 4.86. The molecule has 59 heavy (non-hydrogen) atoms. The first kappa shape index (κ1) is 33.7. The molecule has 2 heterocycles. The number of thiophene rings is 1. The molecule has 0 N–H and O–H groups in total. The molecule has 0 saturated heterocycles. The number of rotatable bonds is 6. The van der Waals surface area contributed by atoms with Crippen LogP contribution in [0.5, 0.6) is 11.5 Å². The number of benzene rings is 9. The van der Waals surface area contributed by atoms with E-state index < -0.39 is 5.41 Å². The second-order valence-electron chi connectivity index (χ2n) is 15.2. The fourth-order valence-electron chi connectivity index (χ4n) is 9.77. The third-order valence-electron chi connectivity index (χ3n) is 12.1. The lowest BCUT2D eigenvalue weighted by Gasteiger charge is -2.39. The van der Waals surface area contributed by atoms with E-state index in [2.05, 4.69) is 228 Å². The maximum absolute atomic E-state index is 6.67. The molecule has 12 rings (SSSR count). The predicted octanol–water partition coefficient (Wildman–Crippen LogP) is 15.5. The van der Waals surface area contributed by atoms with Crippen LogP contribution in [0.3, 0.4) is 0 Å². The van der Waals surface area contributed by atoms with Gasteiger partial charge in [-0.1, -0.05) is 133 Å². The smallest absolute Gasteiger partial charge is 0.132 e. The topological polar surface area (TPSA) is 15.7 Å². The highest BCUT2D eigenvalue weighted by atomic mass is 32.1. The Morgan fingerprint density at radius 3 is 1.32 bits per heavy atom. The van der Waals surface area contributed by atoms with E-state index in [1.165, 1.54) is 42.4 Å². The molecule has 9 aromatic carbocycles. The van der Waals surface area contributed by atoms with Crippen LogP contribution in [0, 0.1) is 0 Å². The van der Waals surface area contributed by atoms with Gasteiger partial charge in [0.15, 0.2) is 0 Å². The molecule has 4 heteroatoms. The van der Waals surface area contributed by atoms with Crippen molar-refractivity contribution in [3.05, 3.63) is 241 Å². The van der Waals surface area contributed by atoms with Gasteiger partial charge in [0.2, 0.25) is 0 Å². The lowest BCUT2D eigenvalue weighted by molar-refractivity contribution is 0.436. The Kier molecular flexibility index (Phi) is 7.62. The fraction of sp³-hybridized carbons (Fsp3) is 0.0182. The van der Waals surface area contributed by atoms with E-state index in [0.717, 1.165) is 56.8 Å². The van der Waals surface area contributed by atoms with Gasteiger partial charge in [0.1, 0.15) is 11.5 Å². The molecule has 0 fully saturated rings. The molecule has 1 aliphatic heterocycles. The number of hydrogen-bond donors (Lipinski definition) is 0. The van der Waals surface area contributed by atoms with Crippen LogP contribution < -0.4 is 14.5 Å². The molecule has 278 valence electrons. The molecular weight excluding hydrogens is 737 g/mol. The zero-order chi connectivity index (χ0) is 38.9. The number of ether oxygens (including phenoxy) is 1. The Hall–Kier alpha value is -7.40. The molecule has 0 unspecified atom stereocenters. The highest BCUT2D eigenvalue weighted by Gasteiger charge is 2.51. The highest BCUT2D eigenvalue weighted by Crippen LogP contribution is 2.63. The van der Waals surface area contributed by atoms with Gasteiger partial charge in [-0.25, -0.2) is 0 Å². The Morgan fingerprint density at radius 1 is 0.339 bits per heavy atom. The Morgan fingerprint density at radius 2 is 0.780 bits per heavy atom. The summed E-state index contributed by atoms with van der Waals surface area (Å²) in [5.41, 5.74) is 13.5. The molecule has 0 radical (unpaired) electrons. The molecule has 1 aliphatic carbocycles. The van der Waals surface area contributed by atoms with Crippen molar-refractivity contribution in [1.29, 1.82) is 0 Å². The van der Waals surface area contributed by atoms with Crippen LogP contribution in [0.4, 0.5) is 34.1 Å². The fourth-order valence-corrected chi connectivity index (χ4v) is 10.9. The molecule has 0 amide bonds. The molecule has 0 bridgehead atoms. The zero-order valence-corrected chi connectivity index (χ0v) is 32.8. The van der Waals surface area contributed by atoms with Crippen LogP contribution in [-0.4, -0.2) is 0 Å². The van der Waals surface area contributed by atoms with E-state index in [4.69, 9.17) is 4.74 Å². The van der Waals surface area contributed by atoms with Crippen LogP contribution in [0.1, 0.15) is 22.3 Å². The Labute approximate surface area is 347 Å². The molecule has 1 spiro atoms. The summed E-state index contributed by atoms with van der Waals surface area (Å²) in [6, 6.07) is 79.0. The maximum atomic E-state index is 6.67. The first-order valence-corrected chi connectivity index (χ1v) is 20.9. The van der Waals surface area contributed by atoms with Crippen LogP contribution >= 0.6 is 11.3 Å². The highest BCUT2D eigenvalue weighted by molar-refractivity contribution is 7.26. The summed E-state index contributed by atoms with van der Waals surface area (Å²) in [5.74, 6) is 1.78. The van der Waals surface area contributed by atoms with Crippen molar-refractivity contribution in [3.63, 3.8) is 0 Å².